The molecule has 1 aliphatic carbocycles. The lowest BCUT2D eigenvalue weighted by Crippen LogP contribution is -2.02. The molecule has 0 amide bonds. The van der Waals surface area contributed by atoms with E-state index < -0.39 is 6.10 Å². The molecule has 0 spiro atoms. The van der Waals surface area contributed by atoms with Gasteiger partial charge in [0.15, 0.2) is 0 Å². The lowest BCUT2D eigenvalue weighted by Gasteiger charge is -2.17. The fourth-order valence-corrected chi connectivity index (χ4v) is 2.87. The predicted octanol–water partition coefficient (Wildman–Crippen LogP) is 3.94. The molecule has 1 heterocycles. The largest absolute Gasteiger partial charge is 0.383 e. The Morgan fingerprint density at radius 3 is 2.86 bits per heavy atom. The van der Waals surface area contributed by atoms with Gasteiger partial charge in [-0.15, -0.1) is 11.3 Å². The van der Waals surface area contributed by atoms with Gasteiger partial charge in [-0.25, -0.2) is 0 Å². The first-order chi connectivity index (χ1) is 6.77. The van der Waals surface area contributed by atoms with Crippen LogP contribution in [0, 0.1) is 0 Å². The lowest BCUT2D eigenvalue weighted by atomic mass is 9.95. The average Bonchev–Trinajstić information content (AvgIpc) is 2.65. The minimum atomic E-state index is -0.423. The Labute approximate surface area is 93.0 Å². The van der Waals surface area contributed by atoms with Crippen LogP contribution in [-0.4, -0.2) is 5.11 Å². The van der Waals surface area contributed by atoms with Crippen LogP contribution in [0.2, 0.25) is 5.02 Å². The smallest absolute Gasteiger partial charge is 0.109 e. The molecule has 14 heavy (non-hydrogen) atoms. The van der Waals surface area contributed by atoms with Crippen molar-refractivity contribution in [3.63, 3.8) is 0 Å². The highest BCUT2D eigenvalue weighted by Crippen LogP contribution is 2.33. The maximum atomic E-state index is 10.0. The van der Waals surface area contributed by atoms with Crippen molar-refractivity contribution < 1.29 is 5.11 Å². The summed E-state index contributed by atoms with van der Waals surface area (Å²) >= 11 is 7.35. The molecule has 2 rings (SSSR count). The van der Waals surface area contributed by atoms with Crippen LogP contribution >= 0.6 is 22.9 Å². The van der Waals surface area contributed by atoms with Gasteiger partial charge in [0, 0.05) is 10.3 Å². The zero-order valence-electron chi connectivity index (χ0n) is 7.87. The van der Waals surface area contributed by atoms with Crippen molar-refractivity contribution in [3.8, 4) is 0 Å². The summed E-state index contributed by atoms with van der Waals surface area (Å²) < 4.78 is 0. The van der Waals surface area contributed by atoms with Gasteiger partial charge >= 0.3 is 0 Å². The zero-order chi connectivity index (χ0) is 9.97. The van der Waals surface area contributed by atoms with Gasteiger partial charge in [0.25, 0.3) is 0 Å². The van der Waals surface area contributed by atoms with Gasteiger partial charge < -0.3 is 5.11 Å². The standard InChI is InChI=1S/C11H13ClOS/c12-9-6-10(14-7-9)11(13)8-4-2-1-3-5-8/h4,6-7,11,13H,1-3,5H2. The second kappa shape index (κ2) is 4.47. The summed E-state index contributed by atoms with van der Waals surface area (Å²) in [6.07, 6.45) is 6.32. The highest BCUT2D eigenvalue weighted by Gasteiger charge is 2.16. The third-order valence-electron chi connectivity index (χ3n) is 2.53. The fourth-order valence-electron chi connectivity index (χ4n) is 1.77. The predicted molar refractivity (Wildman–Crippen MR) is 60.8 cm³/mol. The van der Waals surface area contributed by atoms with Gasteiger partial charge in [0.2, 0.25) is 0 Å². The average molecular weight is 229 g/mol. The van der Waals surface area contributed by atoms with Crippen LogP contribution in [0.25, 0.3) is 0 Å². The molecule has 1 aliphatic rings. The summed E-state index contributed by atoms with van der Waals surface area (Å²) in [6, 6.07) is 1.85. The number of thiophene rings is 1. The number of aliphatic hydroxyl groups is 1. The number of rotatable bonds is 2. The SMILES string of the molecule is OC(C1=CCCCC1)c1cc(Cl)cs1. The number of allylic oxidation sites excluding steroid dienone is 1. The number of hydrogen-bond donors (Lipinski definition) is 1. The molecular formula is C11H13ClOS. The topological polar surface area (TPSA) is 20.2 Å². The van der Waals surface area contributed by atoms with E-state index in [0.29, 0.717) is 0 Å². The van der Waals surface area contributed by atoms with E-state index in [1.165, 1.54) is 24.2 Å². The third-order valence-corrected chi connectivity index (χ3v) is 3.87. The highest BCUT2D eigenvalue weighted by atomic mass is 35.5. The van der Waals surface area contributed by atoms with Crippen LogP contribution in [0.1, 0.15) is 36.7 Å². The van der Waals surface area contributed by atoms with E-state index >= 15 is 0 Å². The van der Waals surface area contributed by atoms with Crippen LogP contribution in [0.15, 0.2) is 23.1 Å². The molecule has 0 radical (unpaired) electrons. The summed E-state index contributed by atoms with van der Waals surface area (Å²) in [5, 5.41) is 12.6. The normalized spacial score (nSPS) is 19.1. The lowest BCUT2D eigenvalue weighted by molar-refractivity contribution is 0.212. The second-order valence-corrected chi connectivity index (χ2v) is 4.97. The van der Waals surface area contributed by atoms with Crippen molar-refractivity contribution in [2.24, 2.45) is 0 Å². The van der Waals surface area contributed by atoms with E-state index in [2.05, 4.69) is 6.08 Å². The molecule has 76 valence electrons. The molecule has 1 atom stereocenters. The van der Waals surface area contributed by atoms with Crippen molar-refractivity contribution in [2.45, 2.75) is 31.8 Å². The highest BCUT2D eigenvalue weighted by molar-refractivity contribution is 7.10. The molecule has 1 aromatic heterocycles. The number of halogens is 1. The van der Waals surface area contributed by atoms with Crippen molar-refractivity contribution in [3.05, 3.63) is 33.0 Å². The molecule has 0 bridgehead atoms. The van der Waals surface area contributed by atoms with Gasteiger partial charge in [-0.2, -0.15) is 0 Å². The summed E-state index contributed by atoms with van der Waals surface area (Å²) in [4.78, 5) is 0.961. The van der Waals surface area contributed by atoms with Crippen LogP contribution in [0.3, 0.4) is 0 Å². The summed E-state index contributed by atoms with van der Waals surface area (Å²) in [7, 11) is 0. The molecule has 0 saturated heterocycles. The minimum absolute atomic E-state index is 0.423. The molecule has 0 saturated carbocycles. The van der Waals surface area contributed by atoms with E-state index in [-0.39, 0.29) is 0 Å². The zero-order valence-corrected chi connectivity index (χ0v) is 9.44. The van der Waals surface area contributed by atoms with Crippen LogP contribution in [0.4, 0.5) is 0 Å². The van der Waals surface area contributed by atoms with Crippen molar-refractivity contribution in [2.75, 3.05) is 0 Å². The molecule has 1 aromatic rings. The Balaban J connectivity index is 2.14. The summed E-state index contributed by atoms with van der Waals surface area (Å²) in [6.45, 7) is 0. The number of aliphatic hydroxyl groups excluding tert-OH is 1. The third kappa shape index (κ3) is 2.19. The van der Waals surface area contributed by atoms with Crippen LogP contribution in [0.5, 0.6) is 0 Å². The Bertz CT molecular complexity index is 343. The summed E-state index contributed by atoms with van der Waals surface area (Å²) in [5.74, 6) is 0. The Kier molecular flexibility index (Phi) is 3.26. The first-order valence-corrected chi connectivity index (χ1v) is 6.14. The summed E-state index contributed by atoms with van der Waals surface area (Å²) in [5.41, 5.74) is 1.16. The van der Waals surface area contributed by atoms with Gasteiger partial charge in [0.05, 0.1) is 5.02 Å². The molecule has 1 nitrogen and oxygen atoms in total. The van der Waals surface area contributed by atoms with E-state index in [1.807, 2.05) is 11.4 Å². The quantitative estimate of drug-likeness (QED) is 0.761. The molecular weight excluding hydrogens is 216 g/mol. The Hall–Kier alpha value is -0.310. The molecule has 0 aromatic carbocycles. The molecule has 1 unspecified atom stereocenters. The van der Waals surface area contributed by atoms with Crippen molar-refractivity contribution in [1.82, 2.24) is 0 Å². The number of hydrogen-bond acceptors (Lipinski definition) is 2. The Morgan fingerprint density at radius 2 is 2.29 bits per heavy atom. The van der Waals surface area contributed by atoms with Crippen molar-refractivity contribution in [1.29, 1.82) is 0 Å². The maximum absolute atomic E-state index is 10.0. The molecule has 0 fully saturated rings. The monoisotopic (exact) mass is 228 g/mol. The first-order valence-electron chi connectivity index (χ1n) is 4.88. The van der Waals surface area contributed by atoms with E-state index in [0.717, 1.165) is 28.3 Å². The minimum Gasteiger partial charge on any atom is -0.383 e. The fraction of sp³-hybridized carbons (Fsp3) is 0.455. The van der Waals surface area contributed by atoms with Gasteiger partial charge in [-0.05, 0) is 37.3 Å². The second-order valence-electron chi connectivity index (χ2n) is 3.59. The maximum Gasteiger partial charge on any atom is 0.109 e. The van der Waals surface area contributed by atoms with Gasteiger partial charge in [0.1, 0.15) is 6.10 Å². The molecule has 3 heteroatoms. The Morgan fingerprint density at radius 1 is 1.43 bits per heavy atom. The van der Waals surface area contributed by atoms with Crippen molar-refractivity contribution >= 4 is 22.9 Å². The molecule has 1 N–H and O–H groups in total. The van der Waals surface area contributed by atoms with Gasteiger partial charge in [-0.1, -0.05) is 17.7 Å². The van der Waals surface area contributed by atoms with E-state index in [1.54, 1.807) is 0 Å². The van der Waals surface area contributed by atoms with Crippen LogP contribution < -0.4 is 0 Å². The van der Waals surface area contributed by atoms with Crippen LogP contribution in [-0.2, 0) is 0 Å². The first kappa shape index (κ1) is 10.2. The van der Waals surface area contributed by atoms with E-state index in [4.69, 9.17) is 11.6 Å². The molecule has 0 aliphatic heterocycles. The van der Waals surface area contributed by atoms with Gasteiger partial charge in [-0.3, -0.25) is 0 Å². The van der Waals surface area contributed by atoms with E-state index in [9.17, 15) is 5.11 Å².